The zero-order chi connectivity index (χ0) is 68.7. The first-order chi connectivity index (χ1) is 40.6. The predicted octanol–water partition coefficient (Wildman–Crippen LogP) is -14.4. The molecule has 0 spiro atoms. The first kappa shape index (κ1) is 78.0. The van der Waals surface area contributed by atoms with E-state index in [1.807, 2.05) is 0 Å². The van der Waals surface area contributed by atoms with E-state index in [1.54, 1.807) is 0 Å². The third-order valence-corrected chi connectivity index (χ3v) is 16.2. The van der Waals surface area contributed by atoms with E-state index in [9.17, 15) is 150 Å². The smallest absolute Gasteiger partial charge is 0.397 e. The van der Waals surface area contributed by atoms with E-state index >= 15 is 0 Å². The molecule has 5 aliphatic rings. The first-order valence-corrected chi connectivity index (χ1v) is 34.3. The van der Waals surface area contributed by atoms with Crippen molar-refractivity contribution in [2.75, 3.05) is 19.8 Å². The SMILES string of the molecule is O=C(O)[C@H]1O[C@H](O[C@H]2[C@H](OS(=O)(=O)O)[C@@H](NS(=O)(=O)O)[C@@H](O[C@H]3[C@H](O)[C@@H](OS(=O)(=O)O)[C@H](O[C@H]4[C@H](O)[C@@H](NS(=O)(=O)O)C(O)O[C@@H]4COS(=O)(=O)O)O[C@H]3C(=O)O)O[C@@H]2COS(=O)(=O)O)[C@H](O)[C@@H](O)[C@@H]1O[C@H]1O[C@H](COS(=O)(=O)O)[C@@H](O)[C@H](O)[C@H]1NS(=O)(=O)O. The van der Waals surface area contributed by atoms with Crippen molar-refractivity contribution in [1.29, 1.82) is 0 Å². The van der Waals surface area contributed by atoms with Gasteiger partial charge in [0.2, 0.25) is 0 Å². The Morgan fingerprint density at radius 2 is 0.700 bits per heavy atom. The van der Waals surface area contributed by atoms with Crippen molar-refractivity contribution >= 4 is 94.8 Å². The molecular weight excluding hydrogens is 1440 g/mol. The Morgan fingerprint density at radius 3 is 1.14 bits per heavy atom. The van der Waals surface area contributed by atoms with Crippen molar-refractivity contribution in [1.82, 2.24) is 14.2 Å². The zero-order valence-corrected chi connectivity index (χ0v) is 49.5. The third-order valence-electron chi connectivity index (χ3n) is 12.2. The fourth-order valence-corrected chi connectivity index (χ4v) is 12.5. The second kappa shape index (κ2) is 29.3. The van der Waals surface area contributed by atoms with E-state index in [0.717, 1.165) is 4.72 Å². The molecule has 0 aromatic carbocycles. The topological polar surface area (TPSA) is 816 Å². The maximum Gasteiger partial charge on any atom is 0.397 e. The van der Waals surface area contributed by atoms with Crippen LogP contribution in [0.3, 0.4) is 0 Å². The third kappa shape index (κ3) is 22.4. The van der Waals surface area contributed by atoms with Gasteiger partial charge in [-0.3, -0.25) is 36.4 Å². The summed E-state index contributed by atoms with van der Waals surface area (Å²) in [7, 11) is -46.7. The quantitative estimate of drug-likeness (QED) is 0.0309. The number of hydrogen-bond donors (Lipinski definition) is 20. The molecule has 5 aliphatic heterocycles. The molecule has 25 atom stereocenters. The zero-order valence-electron chi connectivity index (χ0n) is 43.0. The van der Waals surface area contributed by atoms with Gasteiger partial charge in [0.25, 0.3) is 0 Å². The van der Waals surface area contributed by atoms with Crippen LogP contribution in [0.2, 0.25) is 0 Å². The fraction of sp³-hybridized carbons (Fsp3) is 0.933. The number of rotatable bonds is 29. The van der Waals surface area contributed by atoms with Gasteiger partial charge in [0.05, 0.1) is 19.8 Å². The number of ether oxygens (including phenoxy) is 9. The number of hydrogen-bond acceptors (Lipinski definition) is 39. The predicted molar refractivity (Wildman–Crippen MR) is 257 cm³/mol. The van der Waals surface area contributed by atoms with Crippen LogP contribution in [0.15, 0.2) is 0 Å². The van der Waals surface area contributed by atoms with Gasteiger partial charge < -0.3 is 88.6 Å². The van der Waals surface area contributed by atoms with Crippen molar-refractivity contribution in [3.63, 3.8) is 0 Å². The molecule has 0 aromatic heterocycles. The maximum absolute atomic E-state index is 12.9. The Labute approximate surface area is 502 Å². The maximum atomic E-state index is 12.9. The van der Waals surface area contributed by atoms with Crippen LogP contribution in [0.1, 0.15) is 0 Å². The van der Waals surface area contributed by atoms with Crippen LogP contribution >= 0.6 is 0 Å². The van der Waals surface area contributed by atoms with Crippen molar-refractivity contribution in [3.8, 4) is 0 Å². The highest BCUT2D eigenvalue weighted by Crippen LogP contribution is 2.38. The molecule has 60 heteroatoms. The molecular formula is C30H51N3O49S8. The normalized spacial score (nSPS) is 38.9. The summed E-state index contributed by atoms with van der Waals surface area (Å²) in [6.07, 6.45) is -64.7. The number of aliphatic hydroxyl groups excluding tert-OH is 7. The summed E-state index contributed by atoms with van der Waals surface area (Å²) >= 11 is 0. The van der Waals surface area contributed by atoms with E-state index in [-0.39, 0.29) is 0 Å². The van der Waals surface area contributed by atoms with Gasteiger partial charge in [-0.2, -0.15) is 81.5 Å². The van der Waals surface area contributed by atoms with Gasteiger partial charge in [-0.05, 0) is 0 Å². The van der Waals surface area contributed by atoms with E-state index in [2.05, 4.69) is 20.9 Å². The Balaban J connectivity index is 1.59. The van der Waals surface area contributed by atoms with E-state index in [0.29, 0.717) is 0 Å². The summed E-state index contributed by atoms with van der Waals surface area (Å²) in [5.74, 6) is -4.94. The minimum Gasteiger partial charge on any atom is -0.479 e. The molecule has 0 amide bonds. The molecule has 0 saturated carbocycles. The van der Waals surface area contributed by atoms with Crippen LogP contribution in [0.5, 0.6) is 0 Å². The number of aliphatic carboxylic acids is 2. The number of nitrogens with one attached hydrogen (secondary N) is 3. The van der Waals surface area contributed by atoms with Crippen LogP contribution < -0.4 is 14.2 Å². The van der Waals surface area contributed by atoms with Crippen LogP contribution in [-0.2, 0) is 156 Å². The Hall–Kier alpha value is -2.74. The lowest BCUT2D eigenvalue weighted by Gasteiger charge is -2.50. The van der Waals surface area contributed by atoms with Crippen LogP contribution in [0.4, 0.5) is 0 Å². The summed E-state index contributed by atoms with van der Waals surface area (Å²) in [4.78, 5) is 25.7. The van der Waals surface area contributed by atoms with Gasteiger partial charge in [0, 0.05) is 0 Å². The summed E-state index contributed by atoms with van der Waals surface area (Å²) in [6, 6.07) is -8.42. The number of aliphatic hydroxyl groups is 7. The van der Waals surface area contributed by atoms with Crippen molar-refractivity contribution in [2.24, 2.45) is 0 Å². The largest absolute Gasteiger partial charge is 0.479 e. The highest BCUT2D eigenvalue weighted by atomic mass is 32.3. The van der Waals surface area contributed by atoms with Gasteiger partial charge in [-0.25, -0.2) is 30.5 Å². The van der Waals surface area contributed by atoms with Crippen LogP contribution in [-0.4, -0.2) is 335 Å². The van der Waals surface area contributed by atoms with Crippen molar-refractivity contribution in [2.45, 2.75) is 153 Å². The van der Waals surface area contributed by atoms with Crippen molar-refractivity contribution < 1.29 is 223 Å². The van der Waals surface area contributed by atoms with Gasteiger partial charge in [0.1, 0.15) is 104 Å². The fourth-order valence-electron chi connectivity index (χ4n) is 8.80. The first-order valence-electron chi connectivity index (χ1n) is 23.2. The minimum absolute atomic E-state index is 1.09. The molecule has 1 unspecified atom stereocenters. The van der Waals surface area contributed by atoms with E-state index in [1.165, 1.54) is 9.44 Å². The molecule has 52 nitrogen and oxygen atoms in total. The summed E-state index contributed by atoms with van der Waals surface area (Å²) < 4.78 is 339. The average Bonchev–Trinajstić information content (AvgIpc) is 0.774. The van der Waals surface area contributed by atoms with Crippen molar-refractivity contribution in [3.05, 3.63) is 0 Å². The summed E-state index contributed by atoms with van der Waals surface area (Å²) in [6.45, 7) is -5.16. The second-order valence-corrected chi connectivity index (χ2v) is 27.4. The molecule has 0 radical (unpaired) electrons. The molecule has 528 valence electrons. The van der Waals surface area contributed by atoms with Gasteiger partial charge in [0.15, 0.2) is 49.8 Å². The highest BCUT2D eigenvalue weighted by molar-refractivity contribution is 7.84. The van der Waals surface area contributed by atoms with Gasteiger partial charge >= 0.3 is 94.8 Å². The molecule has 20 N–H and O–H groups in total. The van der Waals surface area contributed by atoms with Gasteiger partial charge in [-0.15, -0.1) is 0 Å². The molecule has 5 fully saturated rings. The molecule has 5 saturated heterocycles. The number of carboxylic acids is 2. The standard InChI is InChI=1S/C30H51N3O49S8/c34-10-4(1-69-86(54,55)56)73-27(8(11(10)35)32-84(48,49)50)77-19-13(37)14(38)29(79-22(19)24(40)41)76-17-6(3-71-88(60,61)62)74-28(9(33-85(51,52)53)18(17)81-89(63,64)65)78-20-15(39)21(82-90(66,67)68)30(80-23(20)25(42)43)75-16-5(2-70-87(57,58)59)72-26(44)7(12(16)36)31-83(45,46)47/h4-23,26-39,44H,1-3H2,(H,40,41)(H,42,43)(H,45,46,47)(H,48,49,50)(H,51,52,53)(H,54,55,56)(H,57,58,59)(H,60,61,62)(H,63,64,65)(H,66,67,68)/t4-,5-,6-,7-,8-,9-,10-,11-,12-,13-,14-,15+,16-,17-,18-,19+,20+,21-,22+,23-,26?,27-,28-,29+,30-/m1/s1. The monoisotopic (exact) mass is 1490 g/mol. The Morgan fingerprint density at radius 1 is 0.333 bits per heavy atom. The second-order valence-electron chi connectivity index (χ2n) is 18.5. The lowest BCUT2D eigenvalue weighted by atomic mass is 9.94. The number of carbonyl (C=O) groups is 2. The van der Waals surface area contributed by atoms with Crippen LogP contribution in [0, 0.1) is 0 Å². The Kier molecular flexibility index (Phi) is 25.4. The van der Waals surface area contributed by atoms with E-state index < -0.39 is 268 Å². The van der Waals surface area contributed by atoms with Crippen LogP contribution in [0.25, 0.3) is 0 Å². The molecule has 0 bridgehead atoms. The Bertz CT molecular complexity index is 3470. The lowest BCUT2D eigenvalue weighted by molar-refractivity contribution is -0.372. The molecule has 90 heavy (non-hydrogen) atoms. The van der Waals surface area contributed by atoms with E-state index in [4.69, 9.17) is 51.7 Å². The summed E-state index contributed by atoms with van der Waals surface area (Å²) in [5, 5.41) is 97.8. The molecule has 0 aliphatic carbocycles. The van der Waals surface area contributed by atoms with Gasteiger partial charge in [-0.1, -0.05) is 0 Å². The highest BCUT2D eigenvalue weighted by Gasteiger charge is 2.61. The average molecular weight is 1490 g/mol. The minimum atomic E-state index is -6.36. The lowest BCUT2D eigenvalue weighted by Crippen LogP contribution is -2.71. The summed E-state index contributed by atoms with van der Waals surface area (Å²) in [5.41, 5.74) is 0. The number of carboxylic acid groups (broad SMARTS) is 2. The molecule has 5 rings (SSSR count). The molecule has 0 aromatic rings. The molecule has 5 heterocycles.